The van der Waals surface area contributed by atoms with Crippen LogP contribution in [0.2, 0.25) is 0 Å². The zero-order chi connectivity index (χ0) is 15.4. The van der Waals surface area contributed by atoms with Gasteiger partial charge in [0.25, 0.3) is 0 Å². The van der Waals surface area contributed by atoms with E-state index in [2.05, 4.69) is 17.9 Å². The molecule has 0 amide bonds. The van der Waals surface area contributed by atoms with Crippen LogP contribution in [0.1, 0.15) is 28.4 Å². The summed E-state index contributed by atoms with van der Waals surface area (Å²) in [5.74, 6) is -0.983. The zero-order valence-electron chi connectivity index (χ0n) is 12.3. The number of aryl methyl sites for hydroxylation is 1. The maximum atomic E-state index is 11.4. The minimum atomic E-state index is -0.983. The minimum absolute atomic E-state index is 0.198. The molecule has 0 saturated carbocycles. The van der Waals surface area contributed by atoms with Crippen molar-refractivity contribution in [1.82, 2.24) is 0 Å². The van der Waals surface area contributed by atoms with E-state index in [-0.39, 0.29) is 5.56 Å². The Hall–Kier alpha value is -2.49. The Kier molecular flexibility index (Phi) is 4.48. The molecular weight excluding hydrogens is 264 g/mol. The lowest BCUT2D eigenvalue weighted by Gasteiger charge is -2.24. The zero-order valence-corrected chi connectivity index (χ0v) is 12.3. The molecular formula is C17H20N2O2. The van der Waals surface area contributed by atoms with E-state index in [0.717, 1.165) is 17.8 Å². The molecule has 2 aromatic rings. The number of nitrogens with zero attached hydrogens (tertiary/aromatic N) is 1. The topological polar surface area (TPSA) is 66.6 Å². The molecule has 0 aliphatic rings. The number of benzene rings is 2. The normalized spacial score (nSPS) is 10.4. The SMILES string of the molecule is CCN(Cc1cccc(N)c1C(=O)O)c1cccc(C)c1. The molecule has 3 N–H and O–H groups in total. The summed E-state index contributed by atoms with van der Waals surface area (Å²) < 4.78 is 0. The molecule has 0 unspecified atom stereocenters. The first kappa shape index (κ1) is 14.9. The predicted octanol–water partition coefficient (Wildman–Crippen LogP) is 3.30. The lowest BCUT2D eigenvalue weighted by molar-refractivity contribution is 0.0697. The van der Waals surface area contributed by atoms with E-state index >= 15 is 0 Å². The van der Waals surface area contributed by atoms with E-state index in [1.165, 1.54) is 5.56 Å². The number of anilines is 2. The summed E-state index contributed by atoms with van der Waals surface area (Å²) in [6.45, 7) is 5.40. The molecule has 0 aromatic heterocycles. The van der Waals surface area contributed by atoms with Gasteiger partial charge in [0.1, 0.15) is 0 Å². The Morgan fingerprint density at radius 3 is 2.57 bits per heavy atom. The van der Waals surface area contributed by atoms with Crippen LogP contribution in [0.25, 0.3) is 0 Å². The van der Waals surface area contributed by atoms with Crippen LogP contribution >= 0.6 is 0 Å². The van der Waals surface area contributed by atoms with Crippen molar-refractivity contribution in [2.45, 2.75) is 20.4 Å². The van der Waals surface area contributed by atoms with Gasteiger partial charge in [0.2, 0.25) is 0 Å². The van der Waals surface area contributed by atoms with Crippen LogP contribution in [0.3, 0.4) is 0 Å². The first-order chi connectivity index (χ1) is 10.0. The summed E-state index contributed by atoms with van der Waals surface area (Å²) in [6, 6.07) is 13.4. The number of rotatable bonds is 5. The quantitative estimate of drug-likeness (QED) is 0.827. The van der Waals surface area contributed by atoms with Crippen LogP contribution in [0.15, 0.2) is 42.5 Å². The molecule has 0 saturated heterocycles. The molecule has 21 heavy (non-hydrogen) atoms. The summed E-state index contributed by atoms with van der Waals surface area (Å²) in [4.78, 5) is 13.5. The molecule has 4 nitrogen and oxygen atoms in total. The molecule has 4 heteroatoms. The number of nitrogens with two attached hydrogens (primary N) is 1. The van der Waals surface area contributed by atoms with Crippen molar-refractivity contribution in [2.24, 2.45) is 0 Å². The Labute approximate surface area is 124 Å². The van der Waals surface area contributed by atoms with Gasteiger partial charge in [0.15, 0.2) is 0 Å². The standard InChI is InChI=1S/C17H20N2O2/c1-3-19(14-8-4-6-12(2)10-14)11-13-7-5-9-15(18)16(13)17(20)21/h4-10H,3,11,18H2,1-2H3,(H,20,21). The van der Waals surface area contributed by atoms with Crippen molar-refractivity contribution in [2.75, 3.05) is 17.2 Å². The van der Waals surface area contributed by atoms with Crippen LogP contribution in [0, 0.1) is 6.92 Å². The average molecular weight is 284 g/mol. The van der Waals surface area contributed by atoms with Crippen molar-refractivity contribution >= 4 is 17.3 Å². The highest BCUT2D eigenvalue weighted by Gasteiger charge is 2.16. The monoisotopic (exact) mass is 284 g/mol. The summed E-state index contributed by atoms with van der Waals surface area (Å²) >= 11 is 0. The highest BCUT2D eigenvalue weighted by Crippen LogP contribution is 2.23. The van der Waals surface area contributed by atoms with Crippen LogP contribution in [-0.4, -0.2) is 17.6 Å². The highest BCUT2D eigenvalue weighted by molar-refractivity contribution is 5.95. The molecule has 0 heterocycles. The number of carbonyl (C=O) groups is 1. The van der Waals surface area contributed by atoms with Crippen molar-refractivity contribution in [3.8, 4) is 0 Å². The van der Waals surface area contributed by atoms with E-state index in [1.54, 1.807) is 12.1 Å². The van der Waals surface area contributed by atoms with E-state index in [1.807, 2.05) is 31.2 Å². The third kappa shape index (κ3) is 3.34. The Balaban J connectivity index is 2.36. The van der Waals surface area contributed by atoms with Gasteiger partial charge >= 0.3 is 5.97 Å². The Bertz CT molecular complexity index is 653. The maximum Gasteiger partial charge on any atom is 0.338 e. The molecule has 0 fully saturated rings. The lowest BCUT2D eigenvalue weighted by Crippen LogP contribution is -2.23. The van der Waals surface area contributed by atoms with Crippen molar-refractivity contribution in [1.29, 1.82) is 0 Å². The number of carboxylic acids is 1. The molecule has 0 aliphatic carbocycles. The molecule has 2 rings (SSSR count). The lowest BCUT2D eigenvalue weighted by atomic mass is 10.0. The molecule has 110 valence electrons. The second-order valence-electron chi connectivity index (χ2n) is 5.04. The highest BCUT2D eigenvalue weighted by atomic mass is 16.4. The Morgan fingerprint density at radius 1 is 1.24 bits per heavy atom. The maximum absolute atomic E-state index is 11.4. The van der Waals surface area contributed by atoms with Gasteiger partial charge in [-0.3, -0.25) is 0 Å². The predicted molar refractivity (Wildman–Crippen MR) is 85.7 cm³/mol. The second kappa shape index (κ2) is 6.31. The third-order valence-electron chi connectivity index (χ3n) is 3.51. The van der Waals surface area contributed by atoms with Gasteiger partial charge < -0.3 is 15.7 Å². The van der Waals surface area contributed by atoms with Gasteiger partial charge in [0.05, 0.1) is 5.56 Å². The van der Waals surface area contributed by atoms with Crippen LogP contribution < -0.4 is 10.6 Å². The van der Waals surface area contributed by atoms with Crippen molar-refractivity contribution in [3.63, 3.8) is 0 Å². The average Bonchev–Trinajstić information content (AvgIpc) is 2.44. The fourth-order valence-corrected chi connectivity index (χ4v) is 2.43. The number of nitrogen functional groups attached to an aromatic ring is 1. The number of hydrogen-bond acceptors (Lipinski definition) is 3. The molecule has 0 aliphatic heterocycles. The summed E-state index contributed by atoms with van der Waals surface area (Å²) in [7, 11) is 0. The summed E-state index contributed by atoms with van der Waals surface area (Å²) in [5.41, 5.74) is 9.29. The Morgan fingerprint density at radius 2 is 1.95 bits per heavy atom. The molecule has 0 atom stereocenters. The largest absolute Gasteiger partial charge is 0.478 e. The first-order valence-corrected chi connectivity index (χ1v) is 6.95. The summed E-state index contributed by atoms with van der Waals surface area (Å²) in [6.07, 6.45) is 0. The van der Waals surface area contributed by atoms with Crippen LogP contribution in [-0.2, 0) is 6.54 Å². The molecule has 2 aromatic carbocycles. The minimum Gasteiger partial charge on any atom is -0.478 e. The van der Waals surface area contributed by atoms with Crippen molar-refractivity contribution < 1.29 is 9.90 Å². The van der Waals surface area contributed by atoms with Crippen LogP contribution in [0.4, 0.5) is 11.4 Å². The van der Waals surface area contributed by atoms with Gasteiger partial charge in [-0.15, -0.1) is 0 Å². The van der Waals surface area contributed by atoms with Crippen molar-refractivity contribution in [3.05, 3.63) is 59.2 Å². The van der Waals surface area contributed by atoms with E-state index in [4.69, 9.17) is 5.73 Å². The number of carboxylic acid groups (broad SMARTS) is 1. The third-order valence-corrected chi connectivity index (χ3v) is 3.51. The van der Waals surface area contributed by atoms with Gasteiger partial charge in [0, 0.05) is 24.5 Å². The van der Waals surface area contributed by atoms with Crippen LogP contribution in [0.5, 0.6) is 0 Å². The van der Waals surface area contributed by atoms with Gasteiger partial charge in [-0.25, -0.2) is 4.79 Å². The molecule has 0 spiro atoms. The second-order valence-corrected chi connectivity index (χ2v) is 5.04. The fourth-order valence-electron chi connectivity index (χ4n) is 2.43. The number of aromatic carboxylic acids is 1. The summed E-state index contributed by atoms with van der Waals surface area (Å²) in [5, 5.41) is 9.35. The van der Waals surface area contributed by atoms with E-state index in [9.17, 15) is 9.90 Å². The van der Waals surface area contributed by atoms with Gasteiger partial charge in [-0.2, -0.15) is 0 Å². The molecule has 0 radical (unpaired) electrons. The molecule has 0 bridgehead atoms. The fraction of sp³-hybridized carbons (Fsp3) is 0.235. The van der Waals surface area contributed by atoms with Gasteiger partial charge in [-0.1, -0.05) is 24.3 Å². The number of hydrogen-bond donors (Lipinski definition) is 2. The van der Waals surface area contributed by atoms with E-state index in [0.29, 0.717) is 12.2 Å². The smallest absolute Gasteiger partial charge is 0.338 e. The van der Waals surface area contributed by atoms with E-state index < -0.39 is 5.97 Å². The van der Waals surface area contributed by atoms with Gasteiger partial charge in [-0.05, 0) is 43.2 Å². The first-order valence-electron chi connectivity index (χ1n) is 6.95.